The summed E-state index contributed by atoms with van der Waals surface area (Å²) in [6.45, 7) is 0. The second-order valence-corrected chi connectivity index (χ2v) is 6.00. The molecule has 0 aliphatic heterocycles. The molecule has 8 heteroatoms. The molecule has 0 aliphatic rings. The first kappa shape index (κ1) is 19.5. The van der Waals surface area contributed by atoms with Crippen molar-refractivity contribution in [3.05, 3.63) is 71.3 Å². The molecule has 0 heterocycles. The molecular weight excluding hydrogens is 368 g/mol. The lowest BCUT2D eigenvalue weighted by Gasteiger charge is -2.21. The van der Waals surface area contributed by atoms with Crippen LogP contribution in [0, 0.1) is 0 Å². The third-order valence-electron chi connectivity index (χ3n) is 3.44. The molecule has 0 saturated carbocycles. The van der Waals surface area contributed by atoms with E-state index in [0.29, 0.717) is 16.1 Å². The number of benzene rings is 2. The van der Waals surface area contributed by atoms with Gasteiger partial charge in [0, 0.05) is 30.8 Å². The van der Waals surface area contributed by atoms with Gasteiger partial charge in [-0.25, -0.2) is 0 Å². The van der Waals surface area contributed by atoms with E-state index < -0.39 is 0 Å². The lowest BCUT2D eigenvalue weighted by atomic mass is 10.1. The molecule has 0 saturated heterocycles. The van der Waals surface area contributed by atoms with Crippen molar-refractivity contribution in [2.24, 2.45) is 0 Å². The van der Waals surface area contributed by atoms with E-state index in [0.717, 1.165) is 5.56 Å². The van der Waals surface area contributed by atoms with E-state index >= 15 is 0 Å². The number of thiocarbonyl (C=S) groups is 2. The van der Waals surface area contributed by atoms with Crippen molar-refractivity contribution in [3.63, 3.8) is 0 Å². The smallest absolute Gasteiger partial charge is 0.269 e. The molecule has 0 spiro atoms. The summed E-state index contributed by atoms with van der Waals surface area (Å²) in [5.74, 6) is -0.642. The molecule has 2 rings (SSSR count). The van der Waals surface area contributed by atoms with E-state index in [4.69, 9.17) is 24.4 Å². The van der Waals surface area contributed by atoms with Gasteiger partial charge in [0.05, 0.1) is 5.49 Å². The van der Waals surface area contributed by atoms with Gasteiger partial charge in [-0.2, -0.15) is 0 Å². The summed E-state index contributed by atoms with van der Waals surface area (Å²) in [6, 6.07) is 15.7. The van der Waals surface area contributed by atoms with Gasteiger partial charge >= 0.3 is 0 Å². The molecule has 2 aromatic carbocycles. The maximum Gasteiger partial charge on any atom is 0.269 e. The largest absolute Gasteiger partial charge is 0.285 e. The molecular formula is C18H18N4O2S2. The van der Waals surface area contributed by atoms with Crippen LogP contribution in [0.15, 0.2) is 54.6 Å². The normalized spacial score (nSPS) is 9.77. The van der Waals surface area contributed by atoms with Crippen LogP contribution < -0.4 is 10.9 Å². The number of nitrogens with one attached hydrogen (secondary N) is 2. The Bertz CT molecular complexity index is 810. The second-order valence-electron chi connectivity index (χ2n) is 5.41. The van der Waals surface area contributed by atoms with Gasteiger partial charge in [-0.3, -0.25) is 30.5 Å². The number of hydrogen-bond donors (Lipinski definition) is 2. The van der Waals surface area contributed by atoms with E-state index in [1.165, 1.54) is 15.5 Å². The maximum atomic E-state index is 12.4. The minimum absolute atomic E-state index is 0.317. The van der Waals surface area contributed by atoms with Gasteiger partial charge in [-0.15, -0.1) is 0 Å². The van der Waals surface area contributed by atoms with Crippen LogP contribution in [-0.2, 0) is 0 Å². The van der Waals surface area contributed by atoms with Gasteiger partial charge in [-0.1, -0.05) is 54.8 Å². The zero-order chi connectivity index (χ0) is 19.1. The molecule has 2 amide bonds. The van der Waals surface area contributed by atoms with Gasteiger partial charge in [-0.05, 0) is 24.3 Å². The van der Waals surface area contributed by atoms with Crippen LogP contribution in [0.25, 0.3) is 0 Å². The van der Waals surface area contributed by atoms with Crippen molar-refractivity contribution in [2.45, 2.75) is 0 Å². The predicted octanol–water partition coefficient (Wildman–Crippen LogP) is 2.17. The summed E-state index contributed by atoms with van der Waals surface area (Å²) < 4.78 is 0. The first-order valence-electron chi connectivity index (χ1n) is 7.65. The first-order valence-corrected chi connectivity index (χ1v) is 8.53. The van der Waals surface area contributed by atoms with Crippen molar-refractivity contribution in [3.8, 4) is 0 Å². The standard InChI is InChI=1S/C18H18N4O2S2/c1-21(12-25)19-16(23)13-8-10-14(11-9-13)17(24)20-22(2)18(26)15-6-4-3-5-7-15/h3-12H,1-2H3,(H,19,23)(H,20,24). The van der Waals surface area contributed by atoms with E-state index in [2.05, 4.69) is 10.9 Å². The average molecular weight is 387 g/mol. The summed E-state index contributed by atoms with van der Waals surface area (Å²) in [7, 11) is 3.30. The Kier molecular flexibility index (Phi) is 6.76. The number of nitrogens with zero attached hydrogens (tertiary/aromatic N) is 2. The van der Waals surface area contributed by atoms with Gasteiger partial charge in [0.1, 0.15) is 4.99 Å². The lowest BCUT2D eigenvalue weighted by Crippen LogP contribution is -2.42. The van der Waals surface area contributed by atoms with Crippen LogP contribution >= 0.6 is 24.4 Å². The fraction of sp³-hybridized carbons (Fsp3) is 0.111. The molecule has 0 bridgehead atoms. The van der Waals surface area contributed by atoms with Crippen LogP contribution in [0.1, 0.15) is 26.3 Å². The monoisotopic (exact) mass is 386 g/mol. The Morgan fingerprint density at radius 3 is 1.85 bits per heavy atom. The number of carbonyl (C=O) groups excluding carboxylic acids is 2. The second kappa shape index (κ2) is 9.02. The zero-order valence-electron chi connectivity index (χ0n) is 14.3. The van der Waals surface area contributed by atoms with Crippen molar-refractivity contribution in [1.82, 2.24) is 20.9 Å². The van der Waals surface area contributed by atoms with Crippen molar-refractivity contribution in [2.75, 3.05) is 14.1 Å². The molecule has 0 aliphatic carbocycles. The average Bonchev–Trinajstić information content (AvgIpc) is 2.67. The first-order chi connectivity index (χ1) is 12.4. The van der Waals surface area contributed by atoms with Gasteiger partial charge in [0.15, 0.2) is 0 Å². The van der Waals surface area contributed by atoms with E-state index in [1.807, 2.05) is 30.3 Å². The van der Waals surface area contributed by atoms with Crippen molar-refractivity contribution in [1.29, 1.82) is 0 Å². The molecule has 2 aromatic rings. The molecule has 26 heavy (non-hydrogen) atoms. The van der Waals surface area contributed by atoms with E-state index in [-0.39, 0.29) is 11.8 Å². The SMILES string of the molecule is CN(C=S)NC(=O)c1ccc(C(=O)NN(C)C(=S)c2ccccc2)cc1. The highest BCUT2D eigenvalue weighted by Crippen LogP contribution is 2.07. The Balaban J connectivity index is 2.00. The fourth-order valence-corrected chi connectivity index (χ4v) is 2.30. The summed E-state index contributed by atoms with van der Waals surface area (Å²) >= 11 is 10.1. The summed E-state index contributed by atoms with van der Waals surface area (Å²) in [4.78, 5) is 24.8. The molecule has 0 atom stereocenters. The maximum absolute atomic E-state index is 12.4. The highest BCUT2D eigenvalue weighted by Gasteiger charge is 2.13. The van der Waals surface area contributed by atoms with Crippen molar-refractivity contribution < 1.29 is 9.59 Å². The van der Waals surface area contributed by atoms with Gasteiger partial charge in [0.2, 0.25) is 0 Å². The van der Waals surface area contributed by atoms with Crippen molar-refractivity contribution >= 4 is 46.7 Å². The highest BCUT2D eigenvalue weighted by molar-refractivity contribution is 7.80. The number of rotatable bonds is 5. The molecule has 134 valence electrons. The van der Waals surface area contributed by atoms with E-state index in [1.54, 1.807) is 38.4 Å². The summed E-state index contributed by atoms with van der Waals surface area (Å²) in [5.41, 5.74) is 8.25. The highest BCUT2D eigenvalue weighted by atomic mass is 32.1. The third kappa shape index (κ3) is 5.08. The minimum atomic E-state index is -0.325. The van der Waals surface area contributed by atoms with Crippen LogP contribution in [0.2, 0.25) is 0 Å². The van der Waals surface area contributed by atoms with Gasteiger partial charge in [0.25, 0.3) is 11.8 Å². The molecule has 0 radical (unpaired) electrons. The zero-order valence-corrected chi connectivity index (χ0v) is 15.9. The molecule has 0 unspecified atom stereocenters. The van der Waals surface area contributed by atoms with E-state index in [9.17, 15) is 9.59 Å². The molecule has 2 N–H and O–H groups in total. The van der Waals surface area contributed by atoms with Crippen LogP contribution in [0.4, 0.5) is 0 Å². The quantitative estimate of drug-likeness (QED) is 0.607. The Labute approximate surface area is 162 Å². The fourth-order valence-electron chi connectivity index (χ4n) is 2.07. The van der Waals surface area contributed by atoms with Crippen LogP contribution in [0.5, 0.6) is 0 Å². The predicted molar refractivity (Wildman–Crippen MR) is 109 cm³/mol. The minimum Gasteiger partial charge on any atom is -0.285 e. The van der Waals surface area contributed by atoms with Crippen LogP contribution in [0.3, 0.4) is 0 Å². The van der Waals surface area contributed by atoms with Gasteiger partial charge < -0.3 is 0 Å². The number of hydrazine groups is 2. The molecule has 0 fully saturated rings. The number of carbonyl (C=O) groups is 2. The molecule has 0 aromatic heterocycles. The Hall–Kier alpha value is -2.84. The number of hydrogen-bond acceptors (Lipinski definition) is 4. The number of amides is 2. The molecule has 6 nitrogen and oxygen atoms in total. The summed E-state index contributed by atoms with van der Waals surface area (Å²) in [6.07, 6.45) is 0. The summed E-state index contributed by atoms with van der Waals surface area (Å²) in [5, 5.41) is 2.86. The Morgan fingerprint density at radius 2 is 1.35 bits per heavy atom. The van der Waals surface area contributed by atoms with Crippen LogP contribution in [-0.4, -0.2) is 46.4 Å². The topological polar surface area (TPSA) is 64.7 Å². The Morgan fingerprint density at radius 1 is 0.846 bits per heavy atom. The third-order valence-corrected chi connectivity index (χ3v) is 4.27. The lowest BCUT2D eigenvalue weighted by molar-refractivity contribution is 0.0878.